The van der Waals surface area contributed by atoms with Gasteiger partial charge in [-0.05, 0) is 28.1 Å². The summed E-state index contributed by atoms with van der Waals surface area (Å²) >= 11 is 3.38. The fourth-order valence-corrected chi connectivity index (χ4v) is 2.27. The van der Waals surface area contributed by atoms with Crippen molar-refractivity contribution in [1.82, 2.24) is 4.98 Å². The van der Waals surface area contributed by atoms with Crippen molar-refractivity contribution in [3.05, 3.63) is 44.7 Å². The van der Waals surface area contributed by atoms with Gasteiger partial charge in [0.1, 0.15) is 0 Å². The second-order valence-corrected chi connectivity index (χ2v) is 6.13. The SMILES string of the molecule is CC(C)(C)C(=O)c1c[nH]c2c(Br)cccc2c1=O. The largest absolute Gasteiger partial charge is 0.359 e. The second-order valence-electron chi connectivity index (χ2n) is 5.27. The van der Waals surface area contributed by atoms with Crippen molar-refractivity contribution in [3.63, 3.8) is 0 Å². The summed E-state index contributed by atoms with van der Waals surface area (Å²) in [5.74, 6) is -0.148. The first-order valence-electron chi connectivity index (χ1n) is 5.67. The van der Waals surface area contributed by atoms with E-state index in [-0.39, 0.29) is 16.8 Å². The van der Waals surface area contributed by atoms with E-state index in [0.717, 1.165) is 4.47 Å². The molecule has 0 aliphatic carbocycles. The summed E-state index contributed by atoms with van der Waals surface area (Å²) in [4.78, 5) is 27.5. The molecule has 0 aliphatic rings. The monoisotopic (exact) mass is 307 g/mol. The van der Waals surface area contributed by atoms with E-state index in [1.807, 2.05) is 6.07 Å². The van der Waals surface area contributed by atoms with Crippen molar-refractivity contribution in [3.8, 4) is 0 Å². The second kappa shape index (κ2) is 4.35. The van der Waals surface area contributed by atoms with Crippen molar-refractivity contribution in [2.24, 2.45) is 5.41 Å². The molecule has 1 N–H and O–H groups in total. The molecule has 0 bridgehead atoms. The van der Waals surface area contributed by atoms with Crippen LogP contribution in [-0.4, -0.2) is 10.8 Å². The van der Waals surface area contributed by atoms with Crippen molar-refractivity contribution in [2.75, 3.05) is 0 Å². The molecular weight excluding hydrogens is 294 g/mol. The number of pyridine rings is 1. The summed E-state index contributed by atoms with van der Waals surface area (Å²) in [6.45, 7) is 5.42. The number of rotatable bonds is 1. The maximum Gasteiger partial charge on any atom is 0.200 e. The van der Waals surface area contributed by atoms with Gasteiger partial charge in [0.05, 0.1) is 11.1 Å². The third-order valence-electron chi connectivity index (χ3n) is 2.79. The Morgan fingerprint density at radius 3 is 2.56 bits per heavy atom. The molecule has 0 saturated heterocycles. The highest BCUT2D eigenvalue weighted by Crippen LogP contribution is 2.22. The van der Waals surface area contributed by atoms with E-state index >= 15 is 0 Å². The summed E-state index contributed by atoms with van der Waals surface area (Å²) in [6, 6.07) is 5.36. The Morgan fingerprint density at radius 2 is 1.94 bits per heavy atom. The number of H-pyrrole nitrogens is 1. The molecule has 0 radical (unpaired) electrons. The lowest BCUT2D eigenvalue weighted by Crippen LogP contribution is -2.26. The standard InChI is InChI=1S/C14H14BrNO2/c1-14(2,3)13(18)9-7-16-11-8(12(9)17)5-4-6-10(11)15/h4-7H,1-3H3,(H,16,17). The summed E-state index contributed by atoms with van der Waals surface area (Å²) < 4.78 is 0.812. The first-order valence-corrected chi connectivity index (χ1v) is 6.46. The number of ketones is 1. The van der Waals surface area contributed by atoms with Crippen LogP contribution in [0.4, 0.5) is 0 Å². The van der Waals surface area contributed by atoms with E-state index in [1.54, 1.807) is 32.9 Å². The minimum Gasteiger partial charge on any atom is -0.359 e. The number of halogens is 1. The van der Waals surface area contributed by atoms with E-state index in [9.17, 15) is 9.59 Å². The number of nitrogens with one attached hydrogen (secondary N) is 1. The van der Waals surface area contributed by atoms with Gasteiger partial charge in [-0.1, -0.05) is 26.8 Å². The molecule has 0 aliphatic heterocycles. The van der Waals surface area contributed by atoms with Crippen LogP contribution in [0.1, 0.15) is 31.1 Å². The number of carbonyl (C=O) groups excluding carboxylic acids is 1. The molecule has 0 amide bonds. The van der Waals surface area contributed by atoms with Gasteiger partial charge in [0, 0.05) is 21.5 Å². The Balaban J connectivity index is 2.74. The molecule has 18 heavy (non-hydrogen) atoms. The minimum absolute atomic E-state index is 0.148. The lowest BCUT2D eigenvalue weighted by Gasteiger charge is -2.16. The molecule has 1 aromatic carbocycles. The van der Waals surface area contributed by atoms with Crippen LogP contribution >= 0.6 is 15.9 Å². The van der Waals surface area contributed by atoms with Crippen molar-refractivity contribution < 1.29 is 4.79 Å². The van der Waals surface area contributed by atoms with Crippen LogP contribution in [0, 0.1) is 5.41 Å². The number of benzene rings is 1. The van der Waals surface area contributed by atoms with Crippen molar-refractivity contribution in [2.45, 2.75) is 20.8 Å². The Hall–Kier alpha value is -1.42. The quantitative estimate of drug-likeness (QED) is 0.820. The fraction of sp³-hybridized carbons (Fsp3) is 0.286. The van der Waals surface area contributed by atoms with Crippen molar-refractivity contribution >= 4 is 32.6 Å². The number of fused-ring (bicyclic) bond motifs is 1. The van der Waals surface area contributed by atoms with Gasteiger partial charge in [-0.25, -0.2) is 0 Å². The Kier molecular flexibility index (Phi) is 3.15. The molecule has 0 atom stereocenters. The van der Waals surface area contributed by atoms with Gasteiger partial charge in [0.25, 0.3) is 0 Å². The van der Waals surface area contributed by atoms with Gasteiger partial charge >= 0.3 is 0 Å². The number of Topliss-reactive ketones (excluding diaryl/α,β-unsaturated/α-hetero) is 1. The summed E-state index contributed by atoms with van der Waals surface area (Å²) in [6.07, 6.45) is 1.50. The van der Waals surface area contributed by atoms with E-state index in [0.29, 0.717) is 10.9 Å². The predicted molar refractivity (Wildman–Crippen MR) is 76.1 cm³/mol. The summed E-state index contributed by atoms with van der Waals surface area (Å²) in [5.41, 5.74) is 0.151. The number of para-hydroxylation sites is 1. The molecule has 0 unspecified atom stereocenters. The highest BCUT2D eigenvalue weighted by molar-refractivity contribution is 9.10. The Labute approximate surface area is 113 Å². The van der Waals surface area contributed by atoms with E-state index in [1.165, 1.54) is 6.20 Å². The Bertz CT molecular complexity index is 680. The van der Waals surface area contributed by atoms with E-state index < -0.39 is 5.41 Å². The lowest BCUT2D eigenvalue weighted by molar-refractivity contribution is 0.0857. The molecular formula is C14H14BrNO2. The topological polar surface area (TPSA) is 49.9 Å². The molecule has 3 nitrogen and oxygen atoms in total. The average molecular weight is 308 g/mol. The Morgan fingerprint density at radius 1 is 1.28 bits per heavy atom. The first kappa shape index (κ1) is 13.0. The van der Waals surface area contributed by atoms with Gasteiger partial charge < -0.3 is 4.98 Å². The summed E-state index contributed by atoms with van der Waals surface area (Å²) in [7, 11) is 0. The minimum atomic E-state index is -0.563. The van der Waals surface area contributed by atoms with E-state index in [2.05, 4.69) is 20.9 Å². The number of aromatic amines is 1. The van der Waals surface area contributed by atoms with Crippen LogP contribution in [-0.2, 0) is 0 Å². The lowest BCUT2D eigenvalue weighted by atomic mass is 9.86. The molecule has 1 aromatic heterocycles. The third-order valence-corrected chi connectivity index (χ3v) is 3.45. The molecule has 94 valence electrons. The van der Waals surface area contributed by atoms with Crippen LogP contribution in [0.15, 0.2) is 33.7 Å². The van der Waals surface area contributed by atoms with Crippen LogP contribution in [0.5, 0.6) is 0 Å². The van der Waals surface area contributed by atoms with Gasteiger partial charge in [0.2, 0.25) is 0 Å². The highest BCUT2D eigenvalue weighted by atomic mass is 79.9. The average Bonchev–Trinajstić information content (AvgIpc) is 2.29. The summed E-state index contributed by atoms with van der Waals surface area (Å²) in [5, 5.41) is 0.527. The van der Waals surface area contributed by atoms with Crippen LogP contribution in [0.3, 0.4) is 0 Å². The maximum atomic E-state index is 12.3. The zero-order valence-electron chi connectivity index (χ0n) is 10.5. The number of aromatic nitrogens is 1. The fourth-order valence-electron chi connectivity index (χ4n) is 1.79. The van der Waals surface area contributed by atoms with E-state index in [4.69, 9.17) is 0 Å². The highest BCUT2D eigenvalue weighted by Gasteiger charge is 2.25. The molecule has 0 fully saturated rings. The van der Waals surface area contributed by atoms with Gasteiger partial charge in [-0.2, -0.15) is 0 Å². The number of hydrogen-bond donors (Lipinski definition) is 1. The molecule has 0 saturated carbocycles. The van der Waals surface area contributed by atoms with Crippen LogP contribution in [0.2, 0.25) is 0 Å². The maximum absolute atomic E-state index is 12.3. The molecule has 2 rings (SSSR count). The zero-order valence-corrected chi connectivity index (χ0v) is 12.1. The van der Waals surface area contributed by atoms with Crippen LogP contribution < -0.4 is 5.43 Å². The van der Waals surface area contributed by atoms with Gasteiger partial charge in [-0.3, -0.25) is 9.59 Å². The zero-order chi connectivity index (χ0) is 13.5. The molecule has 1 heterocycles. The number of hydrogen-bond acceptors (Lipinski definition) is 2. The first-order chi connectivity index (χ1) is 8.32. The normalized spacial score (nSPS) is 11.8. The van der Waals surface area contributed by atoms with Crippen LogP contribution in [0.25, 0.3) is 10.9 Å². The third kappa shape index (κ3) is 2.12. The smallest absolute Gasteiger partial charge is 0.200 e. The van der Waals surface area contributed by atoms with Gasteiger partial charge in [0.15, 0.2) is 11.2 Å². The number of carbonyl (C=O) groups is 1. The van der Waals surface area contributed by atoms with Crippen molar-refractivity contribution in [1.29, 1.82) is 0 Å². The predicted octanol–water partition coefficient (Wildman–Crippen LogP) is 3.52. The molecule has 0 spiro atoms. The van der Waals surface area contributed by atoms with Gasteiger partial charge in [-0.15, -0.1) is 0 Å². The molecule has 2 aromatic rings. The molecule has 4 heteroatoms.